The van der Waals surface area contributed by atoms with Gasteiger partial charge in [0.25, 0.3) is 0 Å². The lowest BCUT2D eigenvalue weighted by atomic mass is 10.00. The number of anilines is 1. The Morgan fingerprint density at radius 1 is 1.21 bits per heavy atom. The molecule has 2 aliphatic rings. The molecule has 2 aromatic rings. The maximum atomic E-state index is 13.0. The van der Waals surface area contributed by atoms with Crippen LogP contribution < -0.4 is 4.90 Å². The van der Waals surface area contributed by atoms with Crippen LogP contribution in [0.15, 0.2) is 29.3 Å². The summed E-state index contributed by atoms with van der Waals surface area (Å²) in [7, 11) is 0. The first-order chi connectivity index (χ1) is 14.0. The lowest BCUT2D eigenvalue weighted by Gasteiger charge is -2.29. The maximum Gasteiger partial charge on any atom is 0.249 e. The second-order valence-corrected chi connectivity index (χ2v) is 9.20. The van der Waals surface area contributed by atoms with Crippen molar-refractivity contribution < 1.29 is 9.59 Å². The van der Waals surface area contributed by atoms with Gasteiger partial charge in [0.1, 0.15) is 18.1 Å². The lowest BCUT2D eigenvalue weighted by molar-refractivity contribution is -0.132. The molecular weight excluding hydrogens is 406 g/mol. The number of aliphatic imine (C=N–C) groups is 1. The summed E-state index contributed by atoms with van der Waals surface area (Å²) >= 11 is 7.76. The van der Waals surface area contributed by atoms with Gasteiger partial charge in [-0.2, -0.15) is 0 Å². The summed E-state index contributed by atoms with van der Waals surface area (Å²) in [6.07, 6.45) is 3.23. The standard InChI is InChI=1S/C22H24ClN3O2S/c1-14-15(2)29-22-20(14)21(16-7-6-8-17(23)11-16)24-12-18(27)26(22)13-19(28)25-9-4-3-5-10-25/h6-8,11H,3-5,9-10,12-13H2,1-2H3. The van der Waals surface area contributed by atoms with E-state index in [0.717, 1.165) is 64.6 Å². The van der Waals surface area contributed by atoms with Crippen molar-refractivity contribution in [1.82, 2.24) is 4.90 Å². The van der Waals surface area contributed by atoms with Gasteiger partial charge in [-0.3, -0.25) is 19.5 Å². The molecule has 1 saturated heterocycles. The van der Waals surface area contributed by atoms with Crippen LogP contribution in [0.1, 0.15) is 40.8 Å². The zero-order chi connectivity index (χ0) is 20.5. The summed E-state index contributed by atoms with van der Waals surface area (Å²) in [5.74, 6) is -0.131. The largest absolute Gasteiger partial charge is 0.341 e. The molecule has 0 atom stereocenters. The van der Waals surface area contributed by atoms with Gasteiger partial charge in [-0.1, -0.05) is 23.7 Å². The molecule has 0 N–H and O–H groups in total. The number of hydrogen-bond acceptors (Lipinski definition) is 4. The van der Waals surface area contributed by atoms with Crippen LogP contribution in [0.25, 0.3) is 0 Å². The highest BCUT2D eigenvalue weighted by Gasteiger charge is 2.32. The van der Waals surface area contributed by atoms with Gasteiger partial charge in [0, 0.05) is 34.1 Å². The Balaban J connectivity index is 1.73. The fourth-order valence-corrected chi connectivity index (χ4v) is 5.28. The zero-order valence-electron chi connectivity index (χ0n) is 16.7. The van der Waals surface area contributed by atoms with Crippen molar-refractivity contribution in [2.24, 2.45) is 4.99 Å². The maximum absolute atomic E-state index is 13.0. The molecule has 0 radical (unpaired) electrons. The van der Waals surface area contributed by atoms with Crippen molar-refractivity contribution in [3.63, 3.8) is 0 Å². The van der Waals surface area contributed by atoms with Crippen LogP contribution >= 0.6 is 22.9 Å². The quantitative estimate of drug-likeness (QED) is 0.733. The number of likely N-dealkylation sites (tertiary alicyclic amines) is 1. The van der Waals surface area contributed by atoms with Crippen molar-refractivity contribution >= 4 is 45.5 Å². The van der Waals surface area contributed by atoms with Crippen molar-refractivity contribution in [1.29, 1.82) is 0 Å². The molecule has 0 spiro atoms. The number of fused-ring (bicyclic) bond motifs is 1. The summed E-state index contributed by atoms with van der Waals surface area (Å²) in [6, 6.07) is 7.54. The number of amides is 2. The molecule has 0 aliphatic carbocycles. The Morgan fingerprint density at radius 3 is 2.69 bits per heavy atom. The molecule has 5 nitrogen and oxygen atoms in total. The topological polar surface area (TPSA) is 53.0 Å². The number of carbonyl (C=O) groups is 2. The molecule has 7 heteroatoms. The minimum Gasteiger partial charge on any atom is -0.341 e. The third kappa shape index (κ3) is 3.96. The molecule has 1 fully saturated rings. The molecule has 29 heavy (non-hydrogen) atoms. The van der Waals surface area contributed by atoms with Gasteiger partial charge in [0.05, 0.1) is 5.71 Å². The van der Waals surface area contributed by atoms with Crippen LogP contribution in [0.3, 0.4) is 0 Å². The first kappa shape index (κ1) is 20.1. The van der Waals surface area contributed by atoms with Crippen LogP contribution in [0.5, 0.6) is 0 Å². The third-order valence-electron chi connectivity index (χ3n) is 5.62. The number of thiophene rings is 1. The predicted octanol–water partition coefficient (Wildman–Crippen LogP) is 4.21. The highest BCUT2D eigenvalue weighted by atomic mass is 35.5. The van der Waals surface area contributed by atoms with E-state index in [4.69, 9.17) is 11.6 Å². The number of aryl methyl sites for hydroxylation is 1. The van der Waals surface area contributed by atoms with Crippen LogP contribution in [0.4, 0.5) is 5.00 Å². The Kier molecular flexibility index (Phi) is 5.74. The normalized spacial score (nSPS) is 17.1. The van der Waals surface area contributed by atoms with E-state index in [1.807, 2.05) is 43.0 Å². The predicted molar refractivity (Wildman–Crippen MR) is 119 cm³/mol. The van der Waals surface area contributed by atoms with Crippen molar-refractivity contribution in [3.05, 3.63) is 50.9 Å². The first-order valence-corrected chi connectivity index (χ1v) is 11.1. The Morgan fingerprint density at radius 2 is 1.97 bits per heavy atom. The Bertz CT molecular complexity index is 992. The number of carbonyl (C=O) groups excluding carboxylic acids is 2. The van der Waals surface area contributed by atoms with E-state index < -0.39 is 0 Å². The molecule has 1 aromatic heterocycles. The molecule has 0 saturated carbocycles. The van der Waals surface area contributed by atoms with E-state index in [2.05, 4.69) is 4.99 Å². The second kappa shape index (κ2) is 8.28. The van der Waals surface area contributed by atoms with Crippen LogP contribution in [0.2, 0.25) is 5.02 Å². The number of benzene rings is 1. The third-order valence-corrected chi connectivity index (χ3v) is 7.09. The van der Waals surface area contributed by atoms with Crippen LogP contribution in [-0.4, -0.2) is 48.6 Å². The van der Waals surface area contributed by atoms with Gasteiger partial charge in [0.2, 0.25) is 11.8 Å². The van der Waals surface area contributed by atoms with E-state index in [1.54, 1.807) is 16.2 Å². The number of nitrogens with zero attached hydrogens (tertiary/aromatic N) is 3. The second-order valence-electron chi connectivity index (χ2n) is 7.56. The van der Waals surface area contributed by atoms with Gasteiger partial charge in [0.15, 0.2) is 0 Å². The molecule has 3 heterocycles. The van der Waals surface area contributed by atoms with E-state index in [-0.39, 0.29) is 24.9 Å². The molecule has 0 unspecified atom stereocenters. The fourth-order valence-electron chi connectivity index (χ4n) is 3.91. The van der Waals surface area contributed by atoms with E-state index >= 15 is 0 Å². The van der Waals surface area contributed by atoms with Gasteiger partial charge in [-0.15, -0.1) is 11.3 Å². The van der Waals surface area contributed by atoms with E-state index in [0.29, 0.717) is 5.02 Å². The number of rotatable bonds is 3. The van der Waals surface area contributed by atoms with Crippen molar-refractivity contribution in [2.75, 3.05) is 31.1 Å². The first-order valence-electron chi connectivity index (χ1n) is 9.94. The highest BCUT2D eigenvalue weighted by Crippen LogP contribution is 2.39. The molecule has 4 rings (SSSR count). The fraction of sp³-hybridized carbons (Fsp3) is 0.409. The zero-order valence-corrected chi connectivity index (χ0v) is 18.3. The smallest absolute Gasteiger partial charge is 0.249 e. The SMILES string of the molecule is Cc1sc2c(c1C)C(c1cccc(Cl)c1)=NCC(=O)N2CC(=O)N1CCCCC1. The molecule has 0 bridgehead atoms. The van der Waals surface area contributed by atoms with Gasteiger partial charge < -0.3 is 4.90 Å². The molecule has 2 aliphatic heterocycles. The van der Waals surface area contributed by atoms with E-state index in [1.165, 1.54) is 0 Å². The number of hydrogen-bond donors (Lipinski definition) is 0. The van der Waals surface area contributed by atoms with Gasteiger partial charge in [-0.25, -0.2) is 0 Å². The number of halogens is 1. The summed E-state index contributed by atoms with van der Waals surface area (Å²) in [5, 5.41) is 1.44. The minimum absolute atomic E-state index is 0.0129. The van der Waals surface area contributed by atoms with E-state index in [9.17, 15) is 9.59 Å². The Hall–Kier alpha value is -2.18. The minimum atomic E-state index is -0.144. The molecule has 2 amide bonds. The molecule has 152 valence electrons. The molecular formula is C22H24ClN3O2S. The van der Waals surface area contributed by atoms with Crippen molar-refractivity contribution in [2.45, 2.75) is 33.1 Å². The lowest BCUT2D eigenvalue weighted by Crippen LogP contribution is -2.45. The highest BCUT2D eigenvalue weighted by molar-refractivity contribution is 7.17. The van der Waals surface area contributed by atoms with Gasteiger partial charge >= 0.3 is 0 Å². The average molecular weight is 430 g/mol. The van der Waals surface area contributed by atoms with Crippen LogP contribution in [0, 0.1) is 13.8 Å². The summed E-state index contributed by atoms with van der Waals surface area (Å²) in [6.45, 7) is 5.74. The average Bonchev–Trinajstić information content (AvgIpc) is 2.93. The van der Waals surface area contributed by atoms with Crippen LogP contribution in [-0.2, 0) is 9.59 Å². The summed E-state index contributed by atoms with van der Waals surface area (Å²) in [4.78, 5) is 35.2. The van der Waals surface area contributed by atoms with Gasteiger partial charge in [-0.05, 0) is 50.8 Å². The Labute approximate surface area is 180 Å². The van der Waals surface area contributed by atoms with Crippen molar-refractivity contribution in [3.8, 4) is 0 Å². The summed E-state index contributed by atoms with van der Waals surface area (Å²) < 4.78 is 0. The number of piperidine rings is 1. The monoisotopic (exact) mass is 429 g/mol. The summed E-state index contributed by atoms with van der Waals surface area (Å²) in [5.41, 5.74) is 3.68. The molecule has 1 aromatic carbocycles.